The molecule has 1 amide bonds. The molecule has 0 unspecified atom stereocenters. The van der Waals surface area contributed by atoms with Crippen molar-refractivity contribution in [2.24, 2.45) is 0 Å². The Labute approximate surface area is 153 Å². The summed E-state index contributed by atoms with van der Waals surface area (Å²) in [7, 11) is 0. The monoisotopic (exact) mass is 353 g/mol. The smallest absolute Gasteiger partial charge is 0.223 e. The predicted octanol–water partition coefficient (Wildman–Crippen LogP) is 3.68. The summed E-state index contributed by atoms with van der Waals surface area (Å²) >= 11 is 0. The molecule has 4 nitrogen and oxygen atoms in total. The van der Waals surface area contributed by atoms with Crippen molar-refractivity contribution in [3.8, 4) is 0 Å². The van der Waals surface area contributed by atoms with Crippen molar-refractivity contribution in [2.75, 3.05) is 13.1 Å². The molecule has 0 atom stereocenters. The number of halogens is 1. The van der Waals surface area contributed by atoms with E-state index < -0.39 is 0 Å². The lowest BCUT2D eigenvalue weighted by Gasteiger charge is -2.26. The van der Waals surface area contributed by atoms with Gasteiger partial charge in [0.1, 0.15) is 5.82 Å². The number of aromatic nitrogens is 2. The van der Waals surface area contributed by atoms with Crippen LogP contribution in [0.4, 0.5) is 4.39 Å². The van der Waals surface area contributed by atoms with Crippen molar-refractivity contribution in [2.45, 2.75) is 44.9 Å². The Morgan fingerprint density at radius 2 is 1.96 bits per heavy atom. The van der Waals surface area contributed by atoms with E-state index in [0.717, 1.165) is 43.5 Å². The summed E-state index contributed by atoms with van der Waals surface area (Å²) in [6, 6.07) is 6.58. The van der Waals surface area contributed by atoms with Gasteiger partial charge in [-0.2, -0.15) is 5.10 Å². The van der Waals surface area contributed by atoms with Crippen LogP contribution in [0.2, 0.25) is 0 Å². The van der Waals surface area contributed by atoms with E-state index in [4.69, 9.17) is 0 Å². The molecule has 0 saturated heterocycles. The molecule has 4 rings (SSSR count). The third kappa shape index (κ3) is 3.57. The van der Waals surface area contributed by atoms with Gasteiger partial charge in [-0.15, -0.1) is 0 Å². The van der Waals surface area contributed by atoms with Crippen molar-refractivity contribution in [1.82, 2.24) is 15.1 Å². The Balaban J connectivity index is 1.33. The summed E-state index contributed by atoms with van der Waals surface area (Å²) in [6.07, 6.45) is 8.75. The normalized spacial score (nSPS) is 17.0. The molecule has 136 valence electrons. The van der Waals surface area contributed by atoms with Crippen molar-refractivity contribution < 1.29 is 9.18 Å². The van der Waals surface area contributed by atoms with Gasteiger partial charge in [0.25, 0.3) is 0 Å². The zero-order valence-corrected chi connectivity index (χ0v) is 14.9. The van der Waals surface area contributed by atoms with Crippen molar-refractivity contribution in [3.63, 3.8) is 0 Å². The number of H-pyrrole nitrogens is 1. The summed E-state index contributed by atoms with van der Waals surface area (Å²) in [5.74, 6) is -0.0329. The van der Waals surface area contributed by atoms with Crippen LogP contribution >= 0.6 is 0 Å². The fraction of sp³-hybridized carbons (Fsp3) is 0.429. The number of benzene rings is 1. The molecule has 1 N–H and O–H groups in total. The van der Waals surface area contributed by atoms with E-state index >= 15 is 0 Å². The molecule has 5 heteroatoms. The maximum absolute atomic E-state index is 13.0. The minimum atomic E-state index is -0.220. The SMILES string of the molecule is O=C(CCc1n[nH]c2c1CCCC2)N1CC=C(c2ccc(F)cc2)CC1. The average Bonchev–Trinajstić information content (AvgIpc) is 3.10. The first-order chi connectivity index (χ1) is 12.7. The molecule has 1 aliphatic heterocycles. The van der Waals surface area contributed by atoms with Gasteiger partial charge in [-0.3, -0.25) is 9.89 Å². The van der Waals surface area contributed by atoms with Gasteiger partial charge < -0.3 is 4.90 Å². The van der Waals surface area contributed by atoms with Gasteiger partial charge in [0.05, 0.1) is 5.69 Å². The Morgan fingerprint density at radius 1 is 1.15 bits per heavy atom. The summed E-state index contributed by atoms with van der Waals surface area (Å²) in [6.45, 7) is 1.35. The average molecular weight is 353 g/mol. The first-order valence-electron chi connectivity index (χ1n) is 9.48. The number of aromatic amines is 1. The molecule has 0 fully saturated rings. The van der Waals surface area contributed by atoms with Crippen LogP contribution in [0.5, 0.6) is 0 Å². The van der Waals surface area contributed by atoms with Crippen LogP contribution in [-0.2, 0) is 24.1 Å². The second-order valence-electron chi connectivity index (χ2n) is 7.16. The van der Waals surface area contributed by atoms with E-state index in [1.54, 1.807) is 12.1 Å². The zero-order chi connectivity index (χ0) is 17.9. The van der Waals surface area contributed by atoms with Crippen molar-refractivity contribution >= 4 is 11.5 Å². The van der Waals surface area contributed by atoms with E-state index in [-0.39, 0.29) is 11.7 Å². The van der Waals surface area contributed by atoms with Crippen molar-refractivity contribution in [3.05, 3.63) is 58.7 Å². The topological polar surface area (TPSA) is 49.0 Å². The van der Waals surface area contributed by atoms with Gasteiger partial charge >= 0.3 is 0 Å². The Kier molecular flexibility index (Phi) is 4.87. The number of rotatable bonds is 4. The summed E-state index contributed by atoms with van der Waals surface area (Å²) < 4.78 is 13.0. The largest absolute Gasteiger partial charge is 0.339 e. The van der Waals surface area contributed by atoms with Gasteiger partial charge in [-0.1, -0.05) is 18.2 Å². The Hall–Kier alpha value is -2.43. The molecular weight excluding hydrogens is 329 g/mol. The van der Waals surface area contributed by atoms with Crippen LogP contribution in [-0.4, -0.2) is 34.1 Å². The molecule has 2 aromatic rings. The molecule has 0 saturated carbocycles. The number of nitrogens with one attached hydrogen (secondary N) is 1. The standard InChI is InChI=1S/C21H24FN3O/c22-17-7-5-15(6-8-17)16-11-13-25(14-12-16)21(26)10-9-20-18-3-1-2-4-19(18)23-24-20/h5-8,11H,1-4,9-10,12-14H2,(H,23,24). The fourth-order valence-corrected chi connectivity index (χ4v) is 3.96. The van der Waals surface area contributed by atoms with E-state index in [0.29, 0.717) is 13.0 Å². The number of carbonyl (C=O) groups is 1. The number of amides is 1. The molecule has 26 heavy (non-hydrogen) atoms. The second kappa shape index (κ2) is 7.44. The number of fused-ring (bicyclic) bond motifs is 1. The van der Waals surface area contributed by atoms with Gasteiger partial charge in [0, 0.05) is 31.6 Å². The van der Waals surface area contributed by atoms with E-state index in [9.17, 15) is 9.18 Å². The third-order valence-electron chi connectivity index (χ3n) is 5.49. The van der Waals surface area contributed by atoms with Crippen LogP contribution in [0.15, 0.2) is 30.3 Å². The van der Waals surface area contributed by atoms with Gasteiger partial charge in [0.2, 0.25) is 5.91 Å². The van der Waals surface area contributed by atoms with Gasteiger partial charge in [-0.05, 0) is 60.9 Å². The van der Waals surface area contributed by atoms with Crippen LogP contribution in [0.1, 0.15) is 48.2 Å². The molecule has 0 bridgehead atoms. The lowest BCUT2D eigenvalue weighted by atomic mass is 9.94. The quantitative estimate of drug-likeness (QED) is 0.912. The minimum absolute atomic E-state index is 0.187. The summed E-state index contributed by atoms with van der Waals surface area (Å²) in [5, 5.41) is 7.58. The van der Waals surface area contributed by atoms with E-state index in [2.05, 4.69) is 16.3 Å². The highest BCUT2D eigenvalue weighted by Gasteiger charge is 2.21. The maximum Gasteiger partial charge on any atom is 0.223 e. The van der Waals surface area contributed by atoms with Crippen LogP contribution in [0.3, 0.4) is 0 Å². The molecule has 1 aromatic carbocycles. The van der Waals surface area contributed by atoms with Gasteiger partial charge in [0.15, 0.2) is 0 Å². The molecule has 1 aliphatic carbocycles. The molecule has 2 heterocycles. The number of aryl methyl sites for hydroxylation is 2. The predicted molar refractivity (Wildman–Crippen MR) is 99.1 cm³/mol. The molecule has 0 radical (unpaired) electrons. The lowest BCUT2D eigenvalue weighted by Crippen LogP contribution is -2.34. The molecule has 1 aromatic heterocycles. The number of carbonyl (C=O) groups excluding carboxylic acids is 1. The Morgan fingerprint density at radius 3 is 2.73 bits per heavy atom. The molecule has 2 aliphatic rings. The highest BCUT2D eigenvalue weighted by atomic mass is 19.1. The van der Waals surface area contributed by atoms with E-state index in [1.807, 2.05) is 4.90 Å². The number of hydrogen-bond acceptors (Lipinski definition) is 2. The van der Waals surface area contributed by atoms with Crippen LogP contribution in [0.25, 0.3) is 5.57 Å². The maximum atomic E-state index is 13.0. The van der Waals surface area contributed by atoms with E-state index in [1.165, 1.54) is 41.8 Å². The summed E-state index contributed by atoms with van der Waals surface area (Å²) in [5.41, 5.74) is 5.93. The number of hydrogen-bond donors (Lipinski definition) is 1. The number of nitrogens with zero attached hydrogens (tertiary/aromatic N) is 2. The zero-order valence-electron chi connectivity index (χ0n) is 14.9. The second-order valence-corrected chi connectivity index (χ2v) is 7.16. The van der Waals surface area contributed by atoms with Gasteiger partial charge in [-0.25, -0.2) is 4.39 Å². The van der Waals surface area contributed by atoms with Crippen LogP contribution in [0, 0.1) is 5.82 Å². The third-order valence-corrected chi connectivity index (χ3v) is 5.49. The van der Waals surface area contributed by atoms with Crippen LogP contribution < -0.4 is 0 Å². The highest BCUT2D eigenvalue weighted by molar-refractivity contribution is 5.78. The molecular formula is C21H24FN3O. The highest BCUT2D eigenvalue weighted by Crippen LogP contribution is 2.25. The molecule has 0 spiro atoms. The first kappa shape index (κ1) is 17.0. The minimum Gasteiger partial charge on any atom is -0.339 e. The lowest BCUT2D eigenvalue weighted by molar-refractivity contribution is -0.130. The Bertz CT molecular complexity index is 822. The summed E-state index contributed by atoms with van der Waals surface area (Å²) in [4.78, 5) is 14.5. The first-order valence-corrected chi connectivity index (χ1v) is 9.48. The fourth-order valence-electron chi connectivity index (χ4n) is 3.96. The van der Waals surface area contributed by atoms with Crippen molar-refractivity contribution in [1.29, 1.82) is 0 Å².